The van der Waals surface area contributed by atoms with Gasteiger partial charge in [0.1, 0.15) is 5.82 Å². The first-order chi connectivity index (χ1) is 9.58. The van der Waals surface area contributed by atoms with Gasteiger partial charge in [0, 0.05) is 34.3 Å². The molecule has 0 aliphatic rings. The van der Waals surface area contributed by atoms with E-state index in [9.17, 15) is 9.18 Å². The van der Waals surface area contributed by atoms with Crippen LogP contribution in [0.4, 0.5) is 10.1 Å². The average molecular weight is 283 g/mol. The summed E-state index contributed by atoms with van der Waals surface area (Å²) >= 11 is 0. The number of hydrogen-bond acceptors (Lipinski definition) is 4. The number of halogens is 1. The number of anilines is 1. The van der Waals surface area contributed by atoms with E-state index in [1.165, 1.54) is 6.07 Å². The Kier molecular flexibility index (Phi) is 6.97. The Morgan fingerprint density at radius 2 is 2.20 bits per heavy atom. The number of hydrogen-bond donors (Lipinski definition) is 2. The van der Waals surface area contributed by atoms with Crippen LogP contribution in [0.1, 0.15) is 5.56 Å². The predicted molar refractivity (Wildman–Crippen MR) is 77.3 cm³/mol. The first-order valence-electron chi connectivity index (χ1n) is 6.48. The van der Waals surface area contributed by atoms with E-state index >= 15 is 0 Å². The van der Waals surface area contributed by atoms with Crippen LogP contribution in [0.2, 0.25) is 0 Å². The van der Waals surface area contributed by atoms with Gasteiger partial charge < -0.3 is 20.3 Å². The number of likely N-dealkylation sites (N-methyl/N-ethyl adjacent to an activating group) is 2. The fourth-order valence-electron chi connectivity index (χ4n) is 1.76. The third-order valence-electron chi connectivity index (χ3n) is 2.90. The highest BCUT2D eigenvalue weighted by molar-refractivity contribution is 5.80. The third kappa shape index (κ3) is 5.14. The number of methoxy groups -OCH3 is 1. The number of carbonyl (C=O) groups is 1. The molecule has 0 bridgehead atoms. The molecule has 0 unspecified atom stereocenters. The van der Waals surface area contributed by atoms with Crippen molar-refractivity contribution in [2.45, 2.75) is 6.54 Å². The van der Waals surface area contributed by atoms with Gasteiger partial charge in [-0.2, -0.15) is 0 Å². The molecule has 0 aliphatic carbocycles. The summed E-state index contributed by atoms with van der Waals surface area (Å²) in [6, 6.07) is 5.01. The maximum Gasteiger partial charge on any atom is 0.239 e. The smallest absolute Gasteiger partial charge is 0.239 e. The van der Waals surface area contributed by atoms with Gasteiger partial charge in [-0.3, -0.25) is 4.79 Å². The molecule has 0 atom stereocenters. The molecule has 0 fully saturated rings. The number of nitrogens with zero attached hydrogens (tertiary/aromatic N) is 1. The predicted octanol–water partition coefficient (Wildman–Crippen LogP) is 0.744. The van der Waals surface area contributed by atoms with Crippen LogP contribution in [-0.2, 0) is 16.1 Å². The molecular formula is C14H22FN3O2. The summed E-state index contributed by atoms with van der Waals surface area (Å²) in [6.07, 6.45) is 0. The van der Waals surface area contributed by atoms with E-state index in [1.54, 1.807) is 32.2 Å². The average Bonchev–Trinajstić information content (AvgIpc) is 2.43. The van der Waals surface area contributed by atoms with Gasteiger partial charge in [-0.1, -0.05) is 6.07 Å². The Morgan fingerprint density at radius 3 is 2.80 bits per heavy atom. The van der Waals surface area contributed by atoms with Crippen molar-refractivity contribution in [3.05, 3.63) is 29.6 Å². The van der Waals surface area contributed by atoms with Gasteiger partial charge in [-0.25, -0.2) is 4.39 Å². The Balaban J connectivity index is 2.60. The minimum Gasteiger partial charge on any atom is -0.383 e. The summed E-state index contributed by atoms with van der Waals surface area (Å²) in [4.78, 5) is 12.9. The summed E-state index contributed by atoms with van der Waals surface area (Å²) in [6.45, 7) is 2.05. The maximum atomic E-state index is 14.0. The van der Waals surface area contributed by atoms with Crippen molar-refractivity contribution in [3.8, 4) is 0 Å². The normalized spacial score (nSPS) is 10.4. The van der Waals surface area contributed by atoms with Gasteiger partial charge in [-0.05, 0) is 17.7 Å². The minimum atomic E-state index is -0.331. The van der Waals surface area contributed by atoms with Crippen molar-refractivity contribution < 1.29 is 13.9 Å². The first-order valence-corrected chi connectivity index (χ1v) is 6.48. The first kappa shape index (κ1) is 16.4. The maximum absolute atomic E-state index is 14.0. The molecule has 6 heteroatoms. The van der Waals surface area contributed by atoms with E-state index in [1.807, 2.05) is 6.07 Å². The van der Waals surface area contributed by atoms with E-state index in [4.69, 9.17) is 4.74 Å². The van der Waals surface area contributed by atoms with Crippen molar-refractivity contribution in [3.63, 3.8) is 0 Å². The van der Waals surface area contributed by atoms with Crippen LogP contribution in [-0.4, -0.2) is 46.8 Å². The molecule has 1 aromatic carbocycles. The minimum absolute atomic E-state index is 0.124. The summed E-state index contributed by atoms with van der Waals surface area (Å²) < 4.78 is 18.9. The van der Waals surface area contributed by atoms with Crippen LogP contribution in [0.15, 0.2) is 18.2 Å². The standard InChI is InChI=1S/C14H22FN3O2/c1-16-14(19)10-18(2)13-5-4-11(8-12(13)15)9-17-6-7-20-3/h4-5,8,17H,6-7,9-10H2,1-3H3,(H,16,19). The molecular weight excluding hydrogens is 261 g/mol. The molecule has 0 saturated heterocycles. The van der Waals surface area contributed by atoms with Crippen LogP contribution < -0.4 is 15.5 Å². The van der Waals surface area contributed by atoms with Gasteiger partial charge >= 0.3 is 0 Å². The highest BCUT2D eigenvalue weighted by atomic mass is 19.1. The largest absolute Gasteiger partial charge is 0.383 e. The molecule has 5 nitrogen and oxygen atoms in total. The number of carbonyl (C=O) groups excluding carboxylic acids is 1. The Hall–Kier alpha value is -1.66. The molecule has 0 heterocycles. The number of amides is 1. The van der Waals surface area contributed by atoms with Crippen molar-refractivity contribution in [1.29, 1.82) is 0 Å². The van der Waals surface area contributed by atoms with Crippen molar-refractivity contribution in [2.24, 2.45) is 0 Å². The molecule has 1 rings (SSSR count). The second-order valence-corrected chi connectivity index (χ2v) is 4.48. The molecule has 0 spiro atoms. The molecule has 1 amide bonds. The van der Waals surface area contributed by atoms with Crippen LogP contribution in [0, 0.1) is 5.82 Å². The molecule has 0 aromatic heterocycles. The zero-order valence-electron chi connectivity index (χ0n) is 12.2. The highest BCUT2D eigenvalue weighted by Crippen LogP contribution is 2.19. The number of rotatable bonds is 8. The fourth-order valence-corrected chi connectivity index (χ4v) is 1.76. The molecule has 0 aliphatic heterocycles. The lowest BCUT2D eigenvalue weighted by atomic mass is 10.2. The lowest BCUT2D eigenvalue weighted by Gasteiger charge is -2.19. The van der Waals surface area contributed by atoms with Crippen LogP contribution in [0.3, 0.4) is 0 Å². The SMILES string of the molecule is CNC(=O)CN(C)c1ccc(CNCCOC)cc1F. The quantitative estimate of drug-likeness (QED) is 0.691. The lowest BCUT2D eigenvalue weighted by molar-refractivity contribution is -0.119. The van der Waals surface area contributed by atoms with E-state index in [0.29, 0.717) is 18.8 Å². The number of ether oxygens (including phenoxy) is 1. The second-order valence-electron chi connectivity index (χ2n) is 4.48. The molecule has 0 radical (unpaired) electrons. The molecule has 2 N–H and O–H groups in total. The summed E-state index contributed by atoms with van der Waals surface area (Å²) in [5.74, 6) is -0.486. The monoisotopic (exact) mass is 283 g/mol. The second kappa shape index (κ2) is 8.50. The van der Waals surface area contributed by atoms with Crippen LogP contribution in [0.25, 0.3) is 0 Å². The van der Waals surface area contributed by atoms with Gasteiger partial charge in [0.05, 0.1) is 18.8 Å². The molecule has 112 valence electrons. The Bertz CT molecular complexity index is 440. The van der Waals surface area contributed by atoms with Crippen molar-refractivity contribution >= 4 is 11.6 Å². The van der Waals surface area contributed by atoms with E-state index < -0.39 is 0 Å². The summed E-state index contributed by atoms with van der Waals surface area (Å²) in [5, 5.41) is 5.66. The summed E-state index contributed by atoms with van der Waals surface area (Å²) in [5.41, 5.74) is 1.27. The highest BCUT2D eigenvalue weighted by Gasteiger charge is 2.11. The van der Waals surface area contributed by atoms with Crippen molar-refractivity contribution in [1.82, 2.24) is 10.6 Å². The number of nitrogens with one attached hydrogen (secondary N) is 2. The number of benzene rings is 1. The van der Waals surface area contributed by atoms with Gasteiger partial charge in [-0.15, -0.1) is 0 Å². The zero-order valence-corrected chi connectivity index (χ0v) is 12.2. The summed E-state index contributed by atoms with van der Waals surface area (Å²) in [7, 11) is 4.88. The Morgan fingerprint density at radius 1 is 1.45 bits per heavy atom. The Labute approximate surface area is 119 Å². The third-order valence-corrected chi connectivity index (χ3v) is 2.90. The topological polar surface area (TPSA) is 53.6 Å². The van der Waals surface area contributed by atoms with Gasteiger partial charge in [0.25, 0.3) is 0 Å². The lowest BCUT2D eigenvalue weighted by Crippen LogP contribution is -2.33. The molecule has 20 heavy (non-hydrogen) atoms. The fraction of sp³-hybridized carbons (Fsp3) is 0.500. The van der Waals surface area contributed by atoms with E-state index in [-0.39, 0.29) is 18.3 Å². The molecule has 1 aromatic rings. The van der Waals surface area contributed by atoms with E-state index in [2.05, 4.69) is 10.6 Å². The zero-order chi connectivity index (χ0) is 15.0. The van der Waals surface area contributed by atoms with Gasteiger partial charge in [0.15, 0.2) is 0 Å². The van der Waals surface area contributed by atoms with Gasteiger partial charge in [0.2, 0.25) is 5.91 Å². The van der Waals surface area contributed by atoms with Crippen LogP contribution in [0.5, 0.6) is 0 Å². The van der Waals surface area contributed by atoms with Crippen LogP contribution >= 0.6 is 0 Å². The van der Waals surface area contributed by atoms with E-state index in [0.717, 1.165) is 12.1 Å². The van der Waals surface area contributed by atoms with Crippen molar-refractivity contribution in [2.75, 3.05) is 45.8 Å². The molecule has 0 saturated carbocycles.